The van der Waals surface area contributed by atoms with Crippen molar-refractivity contribution in [1.82, 2.24) is 5.32 Å². The number of carbonyl (C=O) groups is 3. The van der Waals surface area contributed by atoms with Crippen molar-refractivity contribution in [2.24, 2.45) is 5.41 Å². The first-order valence-electron chi connectivity index (χ1n) is 6.84. The van der Waals surface area contributed by atoms with Gasteiger partial charge in [-0.2, -0.15) is 0 Å². The maximum absolute atomic E-state index is 12.0. The Hall–Kier alpha value is -2.17. The molecular formula is C16H22N2O3. The second-order valence-electron chi connectivity index (χ2n) is 6.07. The minimum atomic E-state index is -0.635. The van der Waals surface area contributed by atoms with Crippen molar-refractivity contribution in [1.29, 1.82) is 0 Å². The topological polar surface area (TPSA) is 75.3 Å². The molecule has 0 fully saturated rings. The predicted octanol–water partition coefficient (Wildman–Crippen LogP) is 2.38. The Morgan fingerprint density at radius 3 is 2.00 bits per heavy atom. The monoisotopic (exact) mass is 290 g/mol. The van der Waals surface area contributed by atoms with Crippen molar-refractivity contribution >= 4 is 23.3 Å². The van der Waals surface area contributed by atoms with E-state index in [9.17, 15) is 14.4 Å². The van der Waals surface area contributed by atoms with E-state index >= 15 is 0 Å². The molecule has 0 aliphatic heterocycles. The number of hydrogen-bond donors (Lipinski definition) is 2. The van der Waals surface area contributed by atoms with Crippen LogP contribution in [0.1, 0.15) is 45.0 Å². The number of amides is 2. The lowest BCUT2D eigenvalue weighted by atomic mass is 9.95. The van der Waals surface area contributed by atoms with Gasteiger partial charge >= 0.3 is 0 Å². The standard InChI is InChI=1S/C16H22N2O3/c1-10(17-15(21)16(3,4)5)14(20)18-13-8-6-12(7-9-13)11(2)19/h6-10H,1-5H3,(H,17,21)(H,18,20). The Morgan fingerprint density at radius 2 is 1.57 bits per heavy atom. The van der Waals surface area contributed by atoms with Gasteiger partial charge in [0.05, 0.1) is 0 Å². The van der Waals surface area contributed by atoms with E-state index in [1.165, 1.54) is 6.92 Å². The summed E-state index contributed by atoms with van der Waals surface area (Å²) in [6.45, 7) is 8.47. The molecule has 5 nitrogen and oxygen atoms in total. The molecule has 0 spiro atoms. The van der Waals surface area contributed by atoms with Crippen LogP contribution in [0.25, 0.3) is 0 Å². The summed E-state index contributed by atoms with van der Waals surface area (Å²) in [7, 11) is 0. The minimum Gasteiger partial charge on any atom is -0.344 e. The number of rotatable bonds is 4. The molecule has 1 unspecified atom stereocenters. The van der Waals surface area contributed by atoms with Gasteiger partial charge in [0.1, 0.15) is 6.04 Å². The van der Waals surface area contributed by atoms with Gasteiger partial charge in [-0.1, -0.05) is 20.8 Å². The van der Waals surface area contributed by atoms with Crippen LogP contribution in [-0.2, 0) is 9.59 Å². The minimum absolute atomic E-state index is 0.0290. The third-order valence-corrected chi connectivity index (χ3v) is 2.98. The molecule has 0 radical (unpaired) electrons. The van der Waals surface area contributed by atoms with Gasteiger partial charge in [-0.05, 0) is 38.1 Å². The van der Waals surface area contributed by atoms with Crippen LogP contribution in [0, 0.1) is 5.41 Å². The molecular weight excluding hydrogens is 268 g/mol. The van der Waals surface area contributed by atoms with Crippen LogP contribution >= 0.6 is 0 Å². The smallest absolute Gasteiger partial charge is 0.246 e. The van der Waals surface area contributed by atoms with Crippen LogP contribution in [0.4, 0.5) is 5.69 Å². The highest BCUT2D eigenvalue weighted by atomic mass is 16.2. The fraction of sp³-hybridized carbons (Fsp3) is 0.438. The quantitative estimate of drug-likeness (QED) is 0.836. The molecule has 0 aromatic heterocycles. The Balaban J connectivity index is 2.64. The van der Waals surface area contributed by atoms with E-state index in [0.29, 0.717) is 11.3 Å². The van der Waals surface area contributed by atoms with Crippen molar-refractivity contribution in [3.8, 4) is 0 Å². The number of Topliss-reactive ketones (excluding diaryl/α,β-unsaturated/α-hetero) is 1. The normalized spacial score (nSPS) is 12.4. The van der Waals surface area contributed by atoms with Crippen LogP contribution in [-0.4, -0.2) is 23.6 Å². The molecule has 0 aliphatic carbocycles. The zero-order valence-electron chi connectivity index (χ0n) is 13.1. The van der Waals surface area contributed by atoms with Crippen molar-refractivity contribution in [3.63, 3.8) is 0 Å². The van der Waals surface area contributed by atoms with E-state index in [-0.39, 0.29) is 17.6 Å². The van der Waals surface area contributed by atoms with Crippen LogP contribution in [0.5, 0.6) is 0 Å². The van der Waals surface area contributed by atoms with Crippen LogP contribution in [0.15, 0.2) is 24.3 Å². The molecule has 0 heterocycles. The summed E-state index contributed by atoms with van der Waals surface area (Å²) < 4.78 is 0. The third kappa shape index (κ3) is 5.02. The molecule has 114 valence electrons. The van der Waals surface area contributed by atoms with E-state index in [1.54, 1.807) is 52.0 Å². The highest BCUT2D eigenvalue weighted by Crippen LogP contribution is 2.14. The van der Waals surface area contributed by atoms with Crippen molar-refractivity contribution in [2.75, 3.05) is 5.32 Å². The molecule has 0 bridgehead atoms. The summed E-state index contributed by atoms with van der Waals surface area (Å²) in [6.07, 6.45) is 0. The molecule has 1 aromatic carbocycles. The Bertz CT molecular complexity index is 542. The second kappa shape index (κ2) is 6.52. The molecule has 21 heavy (non-hydrogen) atoms. The molecule has 2 amide bonds. The van der Waals surface area contributed by atoms with E-state index in [4.69, 9.17) is 0 Å². The maximum Gasteiger partial charge on any atom is 0.246 e. The van der Waals surface area contributed by atoms with E-state index in [2.05, 4.69) is 10.6 Å². The van der Waals surface area contributed by atoms with Gasteiger partial charge in [0.15, 0.2) is 5.78 Å². The lowest BCUT2D eigenvalue weighted by molar-refractivity contribution is -0.131. The van der Waals surface area contributed by atoms with E-state index in [0.717, 1.165) is 0 Å². The van der Waals surface area contributed by atoms with Crippen LogP contribution in [0.2, 0.25) is 0 Å². The lowest BCUT2D eigenvalue weighted by Gasteiger charge is -2.21. The number of nitrogens with one attached hydrogen (secondary N) is 2. The van der Waals surface area contributed by atoms with Gasteiger partial charge in [0.2, 0.25) is 11.8 Å². The summed E-state index contributed by atoms with van der Waals surface area (Å²) in [5.41, 5.74) is 0.626. The molecule has 5 heteroatoms. The third-order valence-electron chi connectivity index (χ3n) is 2.98. The first-order chi connectivity index (χ1) is 9.61. The van der Waals surface area contributed by atoms with Crippen molar-refractivity contribution < 1.29 is 14.4 Å². The summed E-state index contributed by atoms with van der Waals surface area (Å²) >= 11 is 0. The summed E-state index contributed by atoms with van der Waals surface area (Å²) in [4.78, 5) is 35.0. The summed E-state index contributed by atoms with van der Waals surface area (Å²) in [5.74, 6) is -0.515. The highest BCUT2D eigenvalue weighted by molar-refractivity contribution is 5.98. The molecule has 1 atom stereocenters. The average Bonchev–Trinajstić information content (AvgIpc) is 2.37. The van der Waals surface area contributed by atoms with Gasteiger partial charge in [-0.3, -0.25) is 14.4 Å². The molecule has 0 aliphatic rings. The maximum atomic E-state index is 12.0. The van der Waals surface area contributed by atoms with Gasteiger partial charge in [0.25, 0.3) is 0 Å². The molecule has 0 saturated carbocycles. The van der Waals surface area contributed by atoms with Crippen molar-refractivity contribution in [2.45, 2.75) is 40.7 Å². The summed E-state index contributed by atoms with van der Waals surface area (Å²) in [6, 6.07) is 5.98. The van der Waals surface area contributed by atoms with Gasteiger partial charge in [0, 0.05) is 16.7 Å². The molecule has 2 N–H and O–H groups in total. The van der Waals surface area contributed by atoms with Crippen LogP contribution in [0.3, 0.4) is 0 Å². The first-order valence-corrected chi connectivity index (χ1v) is 6.84. The van der Waals surface area contributed by atoms with Gasteiger partial charge < -0.3 is 10.6 Å². The lowest BCUT2D eigenvalue weighted by Crippen LogP contribution is -2.46. The molecule has 1 aromatic rings. The fourth-order valence-corrected chi connectivity index (χ4v) is 1.52. The number of carbonyl (C=O) groups excluding carboxylic acids is 3. The number of ketones is 1. The van der Waals surface area contributed by atoms with Crippen LogP contribution < -0.4 is 10.6 Å². The Kier molecular flexibility index (Phi) is 5.24. The molecule has 1 rings (SSSR count). The zero-order valence-corrected chi connectivity index (χ0v) is 13.1. The van der Waals surface area contributed by atoms with E-state index in [1.807, 2.05) is 0 Å². The number of hydrogen-bond acceptors (Lipinski definition) is 3. The average molecular weight is 290 g/mol. The van der Waals surface area contributed by atoms with E-state index < -0.39 is 11.5 Å². The molecule has 0 saturated heterocycles. The second-order valence-corrected chi connectivity index (χ2v) is 6.07. The largest absolute Gasteiger partial charge is 0.344 e. The number of anilines is 1. The Labute approximate surface area is 125 Å². The SMILES string of the molecule is CC(=O)c1ccc(NC(=O)C(C)NC(=O)C(C)(C)C)cc1. The van der Waals surface area contributed by atoms with Gasteiger partial charge in [-0.15, -0.1) is 0 Å². The summed E-state index contributed by atoms with van der Waals surface area (Å²) in [5, 5.41) is 5.36. The zero-order chi connectivity index (χ0) is 16.2. The number of benzene rings is 1. The van der Waals surface area contributed by atoms with Crippen molar-refractivity contribution in [3.05, 3.63) is 29.8 Å². The first kappa shape index (κ1) is 16.9. The predicted molar refractivity (Wildman–Crippen MR) is 82.1 cm³/mol. The highest BCUT2D eigenvalue weighted by Gasteiger charge is 2.25. The fourth-order valence-electron chi connectivity index (χ4n) is 1.52. The Morgan fingerprint density at radius 1 is 1.05 bits per heavy atom. The van der Waals surface area contributed by atoms with Gasteiger partial charge in [-0.25, -0.2) is 0 Å².